The van der Waals surface area contributed by atoms with Crippen LogP contribution in [0.15, 0.2) is 0 Å². The van der Waals surface area contributed by atoms with E-state index in [2.05, 4.69) is 39.6 Å². The number of piperidine rings is 1. The van der Waals surface area contributed by atoms with Gasteiger partial charge in [0.2, 0.25) is 0 Å². The van der Waals surface area contributed by atoms with Crippen LogP contribution in [-0.2, 0) is 11.8 Å². The molecule has 0 radical (unpaired) electrons. The summed E-state index contributed by atoms with van der Waals surface area (Å²) in [6.45, 7) is 10.9. The Labute approximate surface area is 109 Å². The summed E-state index contributed by atoms with van der Waals surface area (Å²) in [5.41, 5.74) is 3.83. The fourth-order valence-corrected chi connectivity index (χ4v) is 5.45. The molecule has 1 unspecified atom stereocenters. The molecule has 1 aromatic heterocycles. The first kappa shape index (κ1) is 11.7. The first-order valence-corrected chi connectivity index (χ1v) is 7.56. The van der Waals surface area contributed by atoms with Gasteiger partial charge in [0.25, 0.3) is 0 Å². The maximum atomic E-state index is 2.59. The van der Waals surface area contributed by atoms with E-state index in [0.29, 0.717) is 5.41 Å². The largest absolute Gasteiger partial charge is 0.303 e. The molecular weight excluding hydrogens is 226 g/mol. The second-order valence-electron chi connectivity index (χ2n) is 6.28. The SMILES string of the molecule is Cc1sc(C)c2c1CC1[C@H](C)[C@@]2(C)CCN1C. The minimum absolute atomic E-state index is 0.430. The number of hydrogen-bond donors (Lipinski definition) is 0. The predicted molar refractivity (Wildman–Crippen MR) is 75.0 cm³/mol. The normalized spacial score (nSPS) is 37.0. The smallest absolute Gasteiger partial charge is 0.0167 e. The summed E-state index contributed by atoms with van der Waals surface area (Å²) < 4.78 is 0. The number of thiophene rings is 1. The first-order valence-electron chi connectivity index (χ1n) is 6.74. The monoisotopic (exact) mass is 249 g/mol. The Kier molecular flexibility index (Phi) is 2.47. The number of likely N-dealkylation sites (N-methyl/N-ethyl adjacent to an activating group) is 1. The predicted octanol–water partition coefficient (Wildman–Crippen LogP) is 3.52. The molecule has 2 aliphatic rings. The molecule has 1 nitrogen and oxygen atoms in total. The van der Waals surface area contributed by atoms with Crippen molar-refractivity contribution >= 4 is 11.3 Å². The molecule has 1 saturated heterocycles. The topological polar surface area (TPSA) is 3.24 Å². The van der Waals surface area contributed by atoms with E-state index in [-0.39, 0.29) is 0 Å². The molecule has 1 fully saturated rings. The number of nitrogens with zero attached hydrogens (tertiary/aromatic N) is 1. The zero-order valence-electron chi connectivity index (χ0n) is 11.6. The van der Waals surface area contributed by atoms with Crippen molar-refractivity contribution in [1.82, 2.24) is 4.90 Å². The van der Waals surface area contributed by atoms with Crippen LogP contribution in [0.5, 0.6) is 0 Å². The van der Waals surface area contributed by atoms with Crippen LogP contribution in [-0.4, -0.2) is 24.5 Å². The van der Waals surface area contributed by atoms with E-state index in [1.54, 1.807) is 20.9 Å². The van der Waals surface area contributed by atoms with Crippen LogP contribution in [0.4, 0.5) is 0 Å². The highest BCUT2D eigenvalue weighted by molar-refractivity contribution is 7.12. The van der Waals surface area contributed by atoms with Crippen molar-refractivity contribution in [3.05, 3.63) is 20.9 Å². The molecule has 0 saturated carbocycles. The van der Waals surface area contributed by atoms with Crippen LogP contribution in [0.25, 0.3) is 0 Å². The third-order valence-corrected chi connectivity index (χ3v) is 6.56. The van der Waals surface area contributed by atoms with Gasteiger partial charge in [0.15, 0.2) is 0 Å². The third kappa shape index (κ3) is 1.40. The van der Waals surface area contributed by atoms with Crippen molar-refractivity contribution in [2.45, 2.75) is 52.0 Å². The van der Waals surface area contributed by atoms with E-state index < -0.39 is 0 Å². The Morgan fingerprint density at radius 3 is 2.71 bits per heavy atom. The van der Waals surface area contributed by atoms with E-state index in [9.17, 15) is 0 Å². The Morgan fingerprint density at radius 1 is 1.29 bits per heavy atom. The van der Waals surface area contributed by atoms with E-state index in [1.807, 2.05) is 11.3 Å². The van der Waals surface area contributed by atoms with Gasteiger partial charge in [-0.1, -0.05) is 13.8 Å². The lowest BCUT2D eigenvalue weighted by atomic mass is 9.59. The van der Waals surface area contributed by atoms with Gasteiger partial charge in [0, 0.05) is 15.8 Å². The average molecular weight is 249 g/mol. The average Bonchev–Trinajstić information content (AvgIpc) is 2.54. The molecule has 0 amide bonds. The van der Waals surface area contributed by atoms with Crippen molar-refractivity contribution in [2.75, 3.05) is 13.6 Å². The Morgan fingerprint density at radius 2 is 2.00 bits per heavy atom. The van der Waals surface area contributed by atoms with Gasteiger partial charge < -0.3 is 4.90 Å². The van der Waals surface area contributed by atoms with Crippen LogP contribution in [0.2, 0.25) is 0 Å². The Balaban J connectivity index is 2.21. The van der Waals surface area contributed by atoms with Gasteiger partial charge in [-0.3, -0.25) is 0 Å². The van der Waals surface area contributed by atoms with Crippen molar-refractivity contribution in [1.29, 1.82) is 0 Å². The Bertz CT molecular complexity index is 462. The van der Waals surface area contributed by atoms with Crippen LogP contribution in [0.1, 0.15) is 41.1 Å². The molecule has 1 aliphatic heterocycles. The summed E-state index contributed by atoms with van der Waals surface area (Å²) in [6, 6.07) is 0.758. The summed E-state index contributed by atoms with van der Waals surface area (Å²) in [4.78, 5) is 5.73. The lowest BCUT2D eigenvalue weighted by Gasteiger charge is -2.53. The van der Waals surface area contributed by atoms with Gasteiger partial charge in [0.1, 0.15) is 0 Å². The fraction of sp³-hybridized carbons (Fsp3) is 0.733. The third-order valence-electron chi connectivity index (χ3n) is 5.50. The summed E-state index contributed by atoms with van der Waals surface area (Å²) >= 11 is 2.02. The number of fused-ring (bicyclic) bond motifs is 4. The van der Waals surface area contributed by atoms with Crippen molar-refractivity contribution < 1.29 is 0 Å². The minimum atomic E-state index is 0.430. The van der Waals surface area contributed by atoms with Crippen LogP contribution in [0, 0.1) is 19.8 Å². The Hall–Kier alpha value is -0.340. The minimum Gasteiger partial charge on any atom is -0.303 e. The summed E-state index contributed by atoms with van der Waals surface area (Å²) in [7, 11) is 2.31. The highest BCUT2D eigenvalue weighted by Gasteiger charge is 2.49. The molecule has 2 heteroatoms. The molecule has 94 valence electrons. The molecule has 1 aliphatic carbocycles. The number of aryl methyl sites for hydroxylation is 2. The molecule has 3 atom stereocenters. The standard InChI is InChI=1S/C15H23NS/c1-9-13-8-12-10(2)17-11(3)14(12)15(9,4)6-7-16(13)5/h9,13H,6-8H2,1-5H3/t9-,13?,15+/m0/s1. The highest BCUT2D eigenvalue weighted by atomic mass is 32.1. The van der Waals surface area contributed by atoms with E-state index >= 15 is 0 Å². The molecule has 2 bridgehead atoms. The van der Waals surface area contributed by atoms with Gasteiger partial charge in [-0.25, -0.2) is 0 Å². The van der Waals surface area contributed by atoms with E-state index in [0.717, 1.165) is 12.0 Å². The van der Waals surface area contributed by atoms with Gasteiger partial charge in [-0.05, 0) is 62.7 Å². The van der Waals surface area contributed by atoms with Crippen LogP contribution >= 0.6 is 11.3 Å². The number of likely N-dealkylation sites (tertiary alicyclic amines) is 1. The number of rotatable bonds is 0. The second kappa shape index (κ2) is 3.58. The van der Waals surface area contributed by atoms with E-state index in [1.165, 1.54) is 19.4 Å². The molecule has 17 heavy (non-hydrogen) atoms. The van der Waals surface area contributed by atoms with Crippen LogP contribution in [0.3, 0.4) is 0 Å². The van der Waals surface area contributed by atoms with Crippen molar-refractivity contribution in [3.63, 3.8) is 0 Å². The van der Waals surface area contributed by atoms with Gasteiger partial charge in [-0.15, -0.1) is 11.3 Å². The van der Waals surface area contributed by atoms with Gasteiger partial charge in [0.05, 0.1) is 0 Å². The molecular formula is C15H23NS. The maximum Gasteiger partial charge on any atom is 0.0167 e. The van der Waals surface area contributed by atoms with Crippen molar-refractivity contribution in [2.24, 2.45) is 5.92 Å². The molecule has 0 N–H and O–H groups in total. The van der Waals surface area contributed by atoms with E-state index in [4.69, 9.17) is 0 Å². The second-order valence-corrected chi connectivity index (χ2v) is 7.71. The quantitative estimate of drug-likeness (QED) is 0.680. The lowest BCUT2D eigenvalue weighted by Crippen LogP contribution is -2.56. The van der Waals surface area contributed by atoms with Gasteiger partial charge >= 0.3 is 0 Å². The summed E-state index contributed by atoms with van der Waals surface area (Å²) in [5, 5.41) is 0. The lowest BCUT2D eigenvalue weighted by molar-refractivity contribution is 0.0508. The zero-order valence-corrected chi connectivity index (χ0v) is 12.4. The summed E-state index contributed by atoms with van der Waals surface area (Å²) in [5.74, 6) is 0.793. The van der Waals surface area contributed by atoms with Crippen molar-refractivity contribution in [3.8, 4) is 0 Å². The molecule has 0 aromatic carbocycles. The zero-order chi connectivity index (χ0) is 12.4. The summed E-state index contributed by atoms with van der Waals surface area (Å²) in [6.07, 6.45) is 2.60. The molecule has 0 spiro atoms. The van der Waals surface area contributed by atoms with Gasteiger partial charge in [-0.2, -0.15) is 0 Å². The maximum absolute atomic E-state index is 2.59. The van der Waals surface area contributed by atoms with Crippen LogP contribution < -0.4 is 0 Å². The first-order chi connectivity index (χ1) is 7.95. The molecule has 1 aromatic rings. The number of hydrogen-bond acceptors (Lipinski definition) is 2. The molecule has 2 heterocycles. The fourth-order valence-electron chi connectivity index (χ4n) is 4.23. The highest BCUT2D eigenvalue weighted by Crippen LogP contribution is 2.51. The molecule has 3 rings (SSSR count).